The van der Waals surface area contributed by atoms with E-state index in [0.29, 0.717) is 23.0 Å². The van der Waals surface area contributed by atoms with Gasteiger partial charge in [0.05, 0.1) is 28.1 Å². The van der Waals surface area contributed by atoms with Crippen LogP contribution in [0.1, 0.15) is 12.1 Å². The Hall–Kier alpha value is -3.98. The van der Waals surface area contributed by atoms with Gasteiger partial charge in [-0.25, -0.2) is 14.8 Å². The van der Waals surface area contributed by atoms with E-state index in [1.54, 1.807) is 48.0 Å². The first-order chi connectivity index (χ1) is 16.1. The lowest BCUT2D eigenvalue weighted by atomic mass is 10.2. The maximum absolute atomic E-state index is 12.2. The van der Waals surface area contributed by atoms with Gasteiger partial charge in [0, 0.05) is 31.5 Å². The molecule has 8 nitrogen and oxygen atoms in total. The van der Waals surface area contributed by atoms with Crippen molar-refractivity contribution in [3.63, 3.8) is 0 Å². The Balaban J connectivity index is 1.17. The molecule has 5 rings (SSSR count). The van der Waals surface area contributed by atoms with Crippen LogP contribution in [0.2, 0.25) is 0 Å². The van der Waals surface area contributed by atoms with E-state index in [0.717, 1.165) is 34.4 Å². The van der Waals surface area contributed by atoms with Crippen molar-refractivity contribution in [2.24, 2.45) is 0 Å². The molecule has 4 aromatic rings. The molecular formula is C24H22N6O2S. The highest BCUT2D eigenvalue weighted by molar-refractivity contribution is 7.18. The normalized spacial score (nSPS) is 12.7. The van der Waals surface area contributed by atoms with Crippen molar-refractivity contribution in [1.82, 2.24) is 15.0 Å². The van der Waals surface area contributed by atoms with Gasteiger partial charge in [-0.05, 0) is 61.4 Å². The fourth-order valence-electron chi connectivity index (χ4n) is 3.28. The third-order valence-corrected chi connectivity index (χ3v) is 6.34. The van der Waals surface area contributed by atoms with Crippen molar-refractivity contribution in [3.8, 4) is 22.1 Å². The van der Waals surface area contributed by atoms with Gasteiger partial charge in [-0.1, -0.05) is 11.3 Å². The summed E-state index contributed by atoms with van der Waals surface area (Å²) in [6.45, 7) is 4.02. The summed E-state index contributed by atoms with van der Waals surface area (Å²) in [5.74, 6) is 1.12. The second kappa shape index (κ2) is 9.25. The summed E-state index contributed by atoms with van der Waals surface area (Å²) in [4.78, 5) is 28.6. The molecule has 0 atom stereocenters. The molecule has 1 aliphatic rings. The predicted molar refractivity (Wildman–Crippen MR) is 130 cm³/mol. The molecule has 0 bridgehead atoms. The Morgan fingerprint density at radius 1 is 1.00 bits per heavy atom. The Morgan fingerprint density at radius 2 is 1.85 bits per heavy atom. The lowest BCUT2D eigenvalue weighted by Crippen LogP contribution is -2.36. The fourth-order valence-corrected chi connectivity index (χ4v) is 4.25. The highest BCUT2D eigenvalue weighted by atomic mass is 32.1. The van der Waals surface area contributed by atoms with Crippen LogP contribution in [0.4, 0.5) is 21.3 Å². The Bertz CT molecular complexity index is 1250. The van der Waals surface area contributed by atoms with Gasteiger partial charge in [0.1, 0.15) is 5.75 Å². The monoisotopic (exact) mass is 458 g/mol. The number of ether oxygens (including phenoxy) is 1. The first-order valence-electron chi connectivity index (χ1n) is 10.6. The largest absolute Gasteiger partial charge is 0.439 e. The maximum atomic E-state index is 12.2. The summed E-state index contributed by atoms with van der Waals surface area (Å²) in [5.41, 5.74) is 3.06. The molecule has 1 fully saturated rings. The minimum atomic E-state index is -0.363. The quantitative estimate of drug-likeness (QED) is 0.393. The third-order valence-electron chi connectivity index (χ3n) is 5.23. The van der Waals surface area contributed by atoms with Crippen LogP contribution < -0.4 is 20.3 Å². The number of nitrogens with one attached hydrogen (secondary N) is 2. The summed E-state index contributed by atoms with van der Waals surface area (Å²) in [5, 5.41) is 6.60. The molecule has 2 N–H and O–H groups in total. The van der Waals surface area contributed by atoms with Gasteiger partial charge in [0.25, 0.3) is 0 Å². The van der Waals surface area contributed by atoms with Gasteiger partial charge in [0.2, 0.25) is 5.88 Å². The van der Waals surface area contributed by atoms with E-state index in [4.69, 9.17) is 4.74 Å². The van der Waals surface area contributed by atoms with E-state index in [2.05, 4.69) is 30.5 Å². The SMILES string of the molecule is Cc1ncccc1NC(=O)Nc1ccc(Oc2ccc(-c3cnc(N4CCC4)s3)cc2)nc1. The summed E-state index contributed by atoms with van der Waals surface area (Å²) in [6, 6.07) is 14.5. The van der Waals surface area contributed by atoms with Crippen molar-refractivity contribution in [1.29, 1.82) is 0 Å². The molecule has 0 aliphatic carbocycles. The van der Waals surface area contributed by atoms with Gasteiger partial charge in [-0.3, -0.25) is 4.98 Å². The molecule has 0 saturated carbocycles. The molecular weight excluding hydrogens is 436 g/mol. The van der Waals surface area contributed by atoms with Crippen LogP contribution in [0, 0.1) is 6.92 Å². The van der Waals surface area contributed by atoms with Crippen LogP contribution in [-0.2, 0) is 0 Å². The van der Waals surface area contributed by atoms with E-state index in [-0.39, 0.29) is 6.03 Å². The summed E-state index contributed by atoms with van der Waals surface area (Å²) < 4.78 is 5.84. The molecule has 4 heterocycles. The van der Waals surface area contributed by atoms with Crippen molar-refractivity contribution in [3.05, 3.63) is 72.8 Å². The minimum Gasteiger partial charge on any atom is -0.439 e. The number of thiazole rings is 1. The zero-order chi connectivity index (χ0) is 22.6. The average Bonchev–Trinajstić information content (AvgIpc) is 3.25. The van der Waals surface area contributed by atoms with Crippen molar-refractivity contribution in [2.45, 2.75) is 13.3 Å². The zero-order valence-electron chi connectivity index (χ0n) is 18.0. The van der Waals surface area contributed by atoms with Crippen molar-refractivity contribution >= 4 is 33.9 Å². The smallest absolute Gasteiger partial charge is 0.323 e. The first kappa shape index (κ1) is 20.9. The fraction of sp³-hybridized carbons (Fsp3) is 0.167. The van der Waals surface area contributed by atoms with Gasteiger partial charge < -0.3 is 20.3 Å². The number of carbonyl (C=O) groups excluding carboxylic acids is 1. The number of hydrogen-bond acceptors (Lipinski definition) is 7. The highest BCUT2D eigenvalue weighted by Crippen LogP contribution is 2.34. The molecule has 0 radical (unpaired) electrons. The van der Waals surface area contributed by atoms with Gasteiger partial charge in [0.15, 0.2) is 5.13 Å². The molecule has 0 unspecified atom stereocenters. The van der Waals surface area contributed by atoms with Crippen LogP contribution in [0.15, 0.2) is 67.1 Å². The number of pyridine rings is 2. The lowest BCUT2D eigenvalue weighted by molar-refractivity contribution is 0.262. The minimum absolute atomic E-state index is 0.363. The van der Waals surface area contributed by atoms with Crippen LogP contribution in [-0.4, -0.2) is 34.1 Å². The lowest BCUT2D eigenvalue weighted by Gasteiger charge is -2.30. The standard InChI is InChI=1S/C24H22N6O2S/c1-16-20(4-2-11-25-16)29-23(31)28-18-7-10-22(26-14-18)32-19-8-5-17(6-9-19)21-15-27-24(33-21)30-12-3-13-30/h2,4-11,14-15H,3,12-13H2,1H3,(H2,28,29,31). The summed E-state index contributed by atoms with van der Waals surface area (Å²) in [7, 11) is 0. The van der Waals surface area contributed by atoms with E-state index in [1.807, 2.05) is 37.4 Å². The number of hydrogen-bond donors (Lipinski definition) is 2. The molecule has 1 saturated heterocycles. The number of benzene rings is 1. The van der Waals surface area contributed by atoms with Crippen LogP contribution >= 0.6 is 11.3 Å². The van der Waals surface area contributed by atoms with E-state index in [1.165, 1.54) is 6.42 Å². The number of nitrogens with zero attached hydrogens (tertiary/aromatic N) is 4. The average molecular weight is 459 g/mol. The van der Waals surface area contributed by atoms with Gasteiger partial charge in [-0.2, -0.15) is 0 Å². The molecule has 166 valence electrons. The first-order valence-corrected chi connectivity index (χ1v) is 11.4. The molecule has 1 aliphatic heterocycles. The second-order valence-corrected chi connectivity index (χ2v) is 8.58. The second-order valence-electron chi connectivity index (χ2n) is 7.57. The Labute approximate surface area is 195 Å². The topological polar surface area (TPSA) is 92.3 Å². The van der Waals surface area contributed by atoms with Crippen molar-refractivity contribution in [2.75, 3.05) is 28.6 Å². The number of rotatable bonds is 6. The molecule has 33 heavy (non-hydrogen) atoms. The van der Waals surface area contributed by atoms with E-state index >= 15 is 0 Å². The molecule has 3 aromatic heterocycles. The molecule has 1 aromatic carbocycles. The summed E-state index contributed by atoms with van der Waals surface area (Å²) in [6.07, 6.45) is 6.39. The molecule has 0 spiro atoms. The predicted octanol–water partition coefficient (Wildman–Crippen LogP) is 5.55. The third kappa shape index (κ3) is 4.93. The number of aromatic nitrogens is 3. The number of aryl methyl sites for hydroxylation is 1. The number of carbonyl (C=O) groups is 1. The highest BCUT2D eigenvalue weighted by Gasteiger charge is 2.18. The zero-order valence-corrected chi connectivity index (χ0v) is 18.8. The number of urea groups is 1. The van der Waals surface area contributed by atoms with Gasteiger partial charge >= 0.3 is 6.03 Å². The van der Waals surface area contributed by atoms with Crippen molar-refractivity contribution < 1.29 is 9.53 Å². The van der Waals surface area contributed by atoms with Crippen LogP contribution in [0.3, 0.4) is 0 Å². The molecule has 9 heteroatoms. The van der Waals surface area contributed by atoms with Gasteiger partial charge in [-0.15, -0.1) is 0 Å². The maximum Gasteiger partial charge on any atom is 0.323 e. The van der Waals surface area contributed by atoms with Crippen LogP contribution in [0.5, 0.6) is 11.6 Å². The van der Waals surface area contributed by atoms with Crippen LogP contribution in [0.25, 0.3) is 10.4 Å². The van der Waals surface area contributed by atoms with E-state index in [9.17, 15) is 4.79 Å². The Kier molecular flexibility index (Phi) is 5.86. The number of anilines is 3. The molecule has 2 amide bonds. The van der Waals surface area contributed by atoms with E-state index < -0.39 is 0 Å². The summed E-state index contributed by atoms with van der Waals surface area (Å²) >= 11 is 1.71. The Morgan fingerprint density at radius 3 is 2.55 bits per heavy atom. The number of amides is 2.